The lowest BCUT2D eigenvalue weighted by Gasteiger charge is -2.36. The third-order valence-electron chi connectivity index (χ3n) is 12.3. The summed E-state index contributed by atoms with van der Waals surface area (Å²) in [6.45, 7) is 12.9. The molecule has 0 bridgehead atoms. The first-order valence-corrected chi connectivity index (χ1v) is 24.9. The van der Waals surface area contributed by atoms with Crippen LogP contribution in [0.5, 0.6) is 0 Å². The van der Waals surface area contributed by atoms with Crippen molar-refractivity contribution >= 4 is 11.9 Å². The van der Waals surface area contributed by atoms with Crippen LogP contribution in [0.2, 0.25) is 0 Å². The summed E-state index contributed by atoms with van der Waals surface area (Å²) < 4.78 is 11.4. The fraction of sp³-hybridized carbons (Fsp3) is 0.959. The van der Waals surface area contributed by atoms with Crippen LogP contribution in [0.4, 0.5) is 0 Å². The minimum absolute atomic E-state index is 0.0170. The second kappa shape index (κ2) is 40.6. The van der Waals surface area contributed by atoms with Crippen molar-refractivity contribution in [2.24, 2.45) is 5.92 Å². The first-order valence-electron chi connectivity index (χ1n) is 24.9. The molecule has 0 heterocycles. The van der Waals surface area contributed by atoms with Gasteiger partial charge in [0.25, 0.3) is 0 Å². The lowest BCUT2D eigenvalue weighted by atomic mass is 9.94. The van der Waals surface area contributed by atoms with E-state index >= 15 is 0 Å². The van der Waals surface area contributed by atoms with Crippen LogP contribution in [0.1, 0.15) is 239 Å². The Hall–Kier alpha value is -1.18. The Balaban J connectivity index is 2.35. The van der Waals surface area contributed by atoms with Gasteiger partial charge in [-0.05, 0) is 76.8 Å². The largest absolute Gasteiger partial charge is 0.466 e. The summed E-state index contributed by atoms with van der Waals surface area (Å²) in [7, 11) is 0. The number of carbonyl (C=O) groups excluding carboxylic acids is 2. The molecule has 0 aromatic rings. The molecule has 7 heteroatoms. The van der Waals surface area contributed by atoms with Gasteiger partial charge in [0.15, 0.2) is 0 Å². The molecule has 1 rings (SSSR count). The van der Waals surface area contributed by atoms with E-state index in [4.69, 9.17) is 9.47 Å². The molecule has 0 saturated heterocycles. The van der Waals surface area contributed by atoms with Gasteiger partial charge in [-0.15, -0.1) is 0 Å². The number of unbranched alkanes of at least 4 members (excludes halogenated alkanes) is 20. The predicted molar refractivity (Wildman–Crippen MR) is 238 cm³/mol. The van der Waals surface area contributed by atoms with E-state index in [0.29, 0.717) is 44.6 Å². The Bertz CT molecular complexity index is 834. The molecule has 0 atom stereocenters. The molecule has 0 amide bonds. The van der Waals surface area contributed by atoms with Crippen molar-refractivity contribution in [1.82, 2.24) is 9.80 Å². The Morgan fingerprint density at radius 3 is 1.55 bits per heavy atom. The van der Waals surface area contributed by atoms with Gasteiger partial charge in [0.2, 0.25) is 0 Å². The molecular weight excluding hydrogens is 697 g/mol. The molecule has 1 aliphatic carbocycles. The second-order valence-corrected chi connectivity index (χ2v) is 17.5. The first kappa shape index (κ1) is 52.8. The normalized spacial score (nSPS) is 13.7. The molecule has 0 unspecified atom stereocenters. The molecule has 1 aliphatic rings. The zero-order chi connectivity index (χ0) is 40.6. The van der Waals surface area contributed by atoms with E-state index in [1.54, 1.807) is 0 Å². The fourth-order valence-electron chi connectivity index (χ4n) is 8.55. The van der Waals surface area contributed by atoms with Crippen LogP contribution < -0.4 is 0 Å². The number of esters is 2. The molecule has 1 fully saturated rings. The number of carbonyl (C=O) groups is 2. The fourth-order valence-corrected chi connectivity index (χ4v) is 8.55. The number of hydrogen-bond donors (Lipinski definition) is 1. The number of ether oxygens (including phenoxy) is 2. The van der Waals surface area contributed by atoms with E-state index < -0.39 is 0 Å². The molecule has 1 saturated carbocycles. The highest BCUT2D eigenvalue weighted by Gasteiger charge is 2.21. The smallest absolute Gasteiger partial charge is 0.305 e. The van der Waals surface area contributed by atoms with E-state index in [1.807, 2.05) is 0 Å². The summed E-state index contributed by atoms with van der Waals surface area (Å²) in [5, 5.41) is 9.85. The van der Waals surface area contributed by atoms with E-state index in [9.17, 15) is 14.7 Å². The van der Waals surface area contributed by atoms with Gasteiger partial charge in [0.05, 0.1) is 19.8 Å². The highest BCUT2D eigenvalue weighted by Crippen LogP contribution is 2.24. The molecule has 0 aromatic carbocycles. The second-order valence-electron chi connectivity index (χ2n) is 17.5. The number of aliphatic hydroxyl groups excluding tert-OH is 1. The summed E-state index contributed by atoms with van der Waals surface area (Å²) in [6.07, 6.45) is 40.6. The standard InChI is InChI=1S/C49H96N2O5/c1-4-7-10-13-16-19-31-44-55-48(53)36-28-22-30-39-51(47-34-25-20-26-35-47)41-40-50(42-43-52)38-29-21-27-37-49(54)56-45-46(32-23-17-14-11-8-5-2)33-24-18-15-12-9-6-3/h46-47,52H,4-45H2,1-3H3. The number of aliphatic hydroxyl groups is 1. The Morgan fingerprint density at radius 1 is 0.518 bits per heavy atom. The summed E-state index contributed by atoms with van der Waals surface area (Å²) in [5.74, 6) is 0.476. The maximum atomic E-state index is 12.7. The molecule has 0 spiro atoms. The number of hydrogen-bond acceptors (Lipinski definition) is 7. The van der Waals surface area contributed by atoms with Gasteiger partial charge in [-0.1, -0.05) is 168 Å². The molecule has 332 valence electrons. The molecule has 0 aromatic heterocycles. The van der Waals surface area contributed by atoms with Gasteiger partial charge in [-0.25, -0.2) is 0 Å². The van der Waals surface area contributed by atoms with E-state index in [1.165, 1.54) is 161 Å². The lowest BCUT2D eigenvalue weighted by molar-refractivity contribution is -0.145. The molecule has 56 heavy (non-hydrogen) atoms. The SMILES string of the molecule is CCCCCCCCCOC(=O)CCCCCN(CCN(CCO)CCCCCC(=O)OCC(CCCCCCCC)CCCCCCCC)C1CCCCC1. The van der Waals surface area contributed by atoms with Crippen LogP contribution >= 0.6 is 0 Å². The van der Waals surface area contributed by atoms with E-state index in [2.05, 4.69) is 30.6 Å². The van der Waals surface area contributed by atoms with Gasteiger partial charge < -0.3 is 14.6 Å². The first-order chi connectivity index (χ1) is 27.5. The molecule has 0 radical (unpaired) electrons. The number of rotatable bonds is 42. The van der Waals surface area contributed by atoms with Gasteiger partial charge in [0, 0.05) is 38.5 Å². The van der Waals surface area contributed by atoms with Crippen LogP contribution in [-0.4, -0.2) is 85.4 Å². The van der Waals surface area contributed by atoms with Gasteiger partial charge in [-0.3, -0.25) is 19.4 Å². The van der Waals surface area contributed by atoms with Gasteiger partial charge >= 0.3 is 11.9 Å². The Labute approximate surface area is 348 Å². The van der Waals surface area contributed by atoms with Crippen molar-refractivity contribution in [3.63, 3.8) is 0 Å². The highest BCUT2D eigenvalue weighted by molar-refractivity contribution is 5.69. The van der Waals surface area contributed by atoms with Crippen molar-refractivity contribution in [3.8, 4) is 0 Å². The maximum Gasteiger partial charge on any atom is 0.305 e. The van der Waals surface area contributed by atoms with Crippen LogP contribution in [0.15, 0.2) is 0 Å². The zero-order valence-electron chi connectivity index (χ0n) is 37.8. The van der Waals surface area contributed by atoms with Crippen LogP contribution in [-0.2, 0) is 19.1 Å². The van der Waals surface area contributed by atoms with E-state index in [0.717, 1.165) is 71.1 Å². The average molecular weight is 793 g/mol. The minimum Gasteiger partial charge on any atom is -0.466 e. The number of nitrogens with zero attached hydrogens (tertiary/aromatic N) is 2. The Kier molecular flexibility index (Phi) is 38.3. The average Bonchev–Trinajstić information content (AvgIpc) is 3.21. The van der Waals surface area contributed by atoms with Crippen LogP contribution in [0.3, 0.4) is 0 Å². The minimum atomic E-state index is -0.0251. The van der Waals surface area contributed by atoms with Crippen molar-refractivity contribution in [2.45, 2.75) is 245 Å². The topological polar surface area (TPSA) is 79.3 Å². The van der Waals surface area contributed by atoms with E-state index in [-0.39, 0.29) is 18.5 Å². The highest BCUT2D eigenvalue weighted by atomic mass is 16.5. The predicted octanol–water partition coefficient (Wildman–Crippen LogP) is 13.0. The third kappa shape index (κ3) is 32.7. The molecule has 1 N–H and O–H groups in total. The summed E-state index contributed by atoms with van der Waals surface area (Å²) >= 11 is 0. The van der Waals surface area contributed by atoms with Crippen molar-refractivity contribution in [1.29, 1.82) is 0 Å². The summed E-state index contributed by atoms with van der Waals surface area (Å²) in [6, 6.07) is 0.661. The summed E-state index contributed by atoms with van der Waals surface area (Å²) in [5.41, 5.74) is 0. The Morgan fingerprint density at radius 2 is 1.00 bits per heavy atom. The van der Waals surface area contributed by atoms with Gasteiger partial charge in [-0.2, -0.15) is 0 Å². The van der Waals surface area contributed by atoms with Crippen molar-refractivity contribution in [3.05, 3.63) is 0 Å². The third-order valence-corrected chi connectivity index (χ3v) is 12.3. The van der Waals surface area contributed by atoms with Crippen molar-refractivity contribution in [2.75, 3.05) is 52.5 Å². The zero-order valence-corrected chi connectivity index (χ0v) is 37.8. The molecule has 0 aliphatic heterocycles. The van der Waals surface area contributed by atoms with Gasteiger partial charge in [0.1, 0.15) is 0 Å². The lowest BCUT2D eigenvalue weighted by Crippen LogP contribution is -2.43. The van der Waals surface area contributed by atoms with Crippen molar-refractivity contribution < 1.29 is 24.2 Å². The quantitative estimate of drug-likeness (QED) is 0.0487. The monoisotopic (exact) mass is 793 g/mol. The van der Waals surface area contributed by atoms with Crippen LogP contribution in [0.25, 0.3) is 0 Å². The molecule has 7 nitrogen and oxygen atoms in total. The van der Waals surface area contributed by atoms with Crippen LogP contribution in [0, 0.1) is 5.92 Å². The maximum absolute atomic E-state index is 12.7. The molecular formula is C49H96N2O5. The summed E-state index contributed by atoms with van der Waals surface area (Å²) in [4.78, 5) is 30.1.